The highest BCUT2D eigenvalue weighted by molar-refractivity contribution is 7.80. The zero-order valence-corrected chi connectivity index (χ0v) is 10.2. The quantitative estimate of drug-likeness (QED) is 0.806. The lowest BCUT2D eigenvalue weighted by Gasteiger charge is -2.14. The molecule has 82 valence electrons. The van der Waals surface area contributed by atoms with Crippen LogP contribution in [0.4, 0.5) is 0 Å². The molecule has 1 heterocycles. The van der Waals surface area contributed by atoms with Crippen LogP contribution in [0.25, 0.3) is 0 Å². The number of nitrogens with two attached hydrogens (primary N) is 1. The minimum Gasteiger partial charge on any atom is -0.496 e. The second-order valence-electron chi connectivity index (χ2n) is 2.98. The summed E-state index contributed by atoms with van der Waals surface area (Å²) in [6.45, 7) is 0.286. The van der Waals surface area contributed by atoms with E-state index in [1.165, 1.54) is 16.2 Å². The number of hydrogen-bond acceptors (Lipinski definition) is 4. The van der Waals surface area contributed by atoms with Crippen LogP contribution in [0, 0.1) is 0 Å². The number of thiocarbonyl (C=S) groups is 1. The predicted octanol–water partition coefficient (Wildman–Crippen LogP) is 1.11. The normalized spacial score (nSPS) is 9.73. The van der Waals surface area contributed by atoms with Crippen LogP contribution >= 0.6 is 23.6 Å². The van der Waals surface area contributed by atoms with E-state index in [2.05, 4.69) is 0 Å². The Kier molecular flexibility index (Phi) is 4.05. The van der Waals surface area contributed by atoms with Crippen molar-refractivity contribution in [2.45, 2.75) is 0 Å². The molecule has 0 aliphatic rings. The molecule has 4 nitrogen and oxygen atoms in total. The lowest BCUT2D eigenvalue weighted by atomic mass is 10.4. The van der Waals surface area contributed by atoms with Gasteiger partial charge in [0.05, 0.1) is 23.5 Å². The van der Waals surface area contributed by atoms with Crippen molar-refractivity contribution < 1.29 is 9.53 Å². The molecule has 0 saturated carbocycles. The van der Waals surface area contributed by atoms with E-state index in [1.807, 2.05) is 0 Å². The minimum absolute atomic E-state index is 0.101. The number of thiophene rings is 1. The molecule has 0 bridgehead atoms. The molecule has 6 heteroatoms. The average molecular weight is 244 g/mol. The molecule has 1 rings (SSSR count). The maximum absolute atomic E-state index is 11.8. The van der Waals surface area contributed by atoms with Gasteiger partial charge in [0.15, 0.2) is 0 Å². The molecule has 1 aromatic rings. The fraction of sp³-hybridized carbons (Fsp3) is 0.333. The molecule has 0 aromatic carbocycles. The van der Waals surface area contributed by atoms with Crippen molar-refractivity contribution >= 4 is 34.5 Å². The molecule has 1 aromatic heterocycles. The van der Waals surface area contributed by atoms with Gasteiger partial charge in [-0.05, 0) is 0 Å². The van der Waals surface area contributed by atoms with Crippen LogP contribution in [0.3, 0.4) is 0 Å². The van der Waals surface area contributed by atoms with Crippen LogP contribution < -0.4 is 10.5 Å². The summed E-state index contributed by atoms with van der Waals surface area (Å²) >= 11 is 6.07. The number of hydrogen-bond donors (Lipinski definition) is 1. The predicted molar refractivity (Wildman–Crippen MR) is 64.6 cm³/mol. The summed E-state index contributed by atoms with van der Waals surface area (Å²) in [6, 6.07) is 1.70. The molecule has 15 heavy (non-hydrogen) atoms. The van der Waals surface area contributed by atoms with Crippen molar-refractivity contribution in [3.05, 3.63) is 16.3 Å². The van der Waals surface area contributed by atoms with Gasteiger partial charge in [0.1, 0.15) is 5.75 Å². The Morgan fingerprint density at radius 2 is 2.40 bits per heavy atom. The second-order valence-corrected chi connectivity index (χ2v) is 4.41. The van der Waals surface area contributed by atoms with Gasteiger partial charge in [0.2, 0.25) is 0 Å². The third-order valence-corrected chi connectivity index (χ3v) is 2.79. The number of amides is 1. The zero-order chi connectivity index (χ0) is 11.4. The fourth-order valence-corrected chi connectivity index (χ4v) is 2.07. The van der Waals surface area contributed by atoms with Crippen molar-refractivity contribution in [3.8, 4) is 5.75 Å². The number of ether oxygens (including phenoxy) is 1. The number of rotatable bonds is 4. The topological polar surface area (TPSA) is 55.6 Å². The number of nitrogens with zero attached hydrogens (tertiary/aromatic N) is 1. The summed E-state index contributed by atoms with van der Waals surface area (Å²) in [5.41, 5.74) is 5.36. The number of methoxy groups -OCH3 is 1. The van der Waals surface area contributed by atoms with Gasteiger partial charge in [0.25, 0.3) is 5.91 Å². The molecule has 0 unspecified atom stereocenters. The molecule has 0 aliphatic heterocycles. The number of carbonyl (C=O) groups excluding carboxylic acids is 1. The molecule has 2 N–H and O–H groups in total. The average Bonchev–Trinajstić information content (AvgIpc) is 2.63. The first kappa shape index (κ1) is 11.9. The third kappa shape index (κ3) is 3.17. The summed E-state index contributed by atoms with van der Waals surface area (Å²) in [5.74, 6) is 0.586. The van der Waals surface area contributed by atoms with Gasteiger partial charge in [-0.25, -0.2) is 0 Å². The van der Waals surface area contributed by atoms with Crippen molar-refractivity contribution in [2.75, 3.05) is 20.7 Å². The van der Waals surface area contributed by atoms with Crippen molar-refractivity contribution in [2.24, 2.45) is 5.73 Å². The van der Waals surface area contributed by atoms with Gasteiger partial charge in [0, 0.05) is 18.5 Å². The molecule has 0 saturated heterocycles. The molecular formula is C9H12N2O2S2. The lowest BCUT2D eigenvalue weighted by molar-refractivity contribution is 0.0819. The molecule has 0 spiro atoms. The summed E-state index contributed by atoms with van der Waals surface area (Å²) in [7, 11) is 3.22. The SMILES string of the molecule is COc1csc(C(=O)N(C)CC(N)=S)c1. The van der Waals surface area contributed by atoms with Gasteiger partial charge in [-0.1, -0.05) is 12.2 Å². The molecule has 0 aliphatic carbocycles. The van der Waals surface area contributed by atoms with Crippen molar-refractivity contribution in [1.29, 1.82) is 0 Å². The van der Waals surface area contributed by atoms with E-state index in [-0.39, 0.29) is 12.5 Å². The first-order chi connectivity index (χ1) is 7.04. The van der Waals surface area contributed by atoms with Crippen LogP contribution in [0.5, 0.6) is 5.75 Å². The first-order valence-corrected chi connectivity index (χ1v) is 5.49. The lowest BCUT2D eigenvalue weighted by Crippen LogP contribution is -2.34. The van der Waals surface area contributed by atoms with E-state index >= 15 is 0 Å². The summed E-state index contributed by atoms with van der Waals surface area (Å²) < 4.78 is 5.00. The second kappa shape index (κ2) is 5.09. The highest BCUT2D eigenvalue weighted by Crippen LogP contribution is 2.21. The Morgan fingerprint density at radius 3 is 2.87 bits per heavy atom. The fourth-order valence-electron chi connectivity index (χ4n) is 1.03. The Bertz CT molecular complexity index is 376. The summed E-state index contributed by atoms with van der Waals surface area (Å²) in [4.78, 5) is 14.2. The Balaban J connectivity index is 2.71. The smallest absolute Gasteiger partial charge is 0.264 e. The van der Waals surface area contributed by atoms with E-state index < -0.39 is 0 Å². The zero-order valence-electron chi connectivity index (χ0n) is 8.52. The van der Waals surface area contributed by atoms with E-state index in [1.54, 1.807) is 25.6 Å². The Hall–Kier alpha value is -1.14. The van der Waals surface area contributed by atoms with Crippen LogP contribution in [-0.2, 0) is 0 Å². The third-order valence-electron chi connectivity index (χ3n) is 1.76. The van der Waals surface area contributed by atoms with Crippen molar-refractivity contribution in [3.63, 3.8) is 0 Å². The standard InChI is InChI=1S/C9H12N2O2S2/c1-11(4-8(10)14)9(12)7-3-6(13-2)5-15-7/h3,5H,4H2,1-2H3,(H2,10,14). The van der Waals surface area contributed by atoms with Gasteiger partial charge >= 0.3 is 0 Å². The van der Waals surface area contributed by atoms with Crippen LogP contribution in [-0.4, -0.2) is 36.5 Å². The molecule has 0 radical (unpaired) electrons. The summed E-state index contributed by atoms with van der Waals surface area (Å²) in [6.07, 6.45) is 0. The van der Waals surface area contributed by atoms with Crippen molar-refractivity contribution in [1.82, 2.24) is 4.90 Å². The minimum atomic E-state index is -0.101. The van der Waals surface area contributed by atoms with Crippen LogP contribution in [0.1, 0.15) is 9.67 Å². The molecule has 0 atom stereocenters. The van der Waals surface area contributed by atoms with E-state index in [0.717, 1.165) is 0 Å². The number of carbonyl (C=O) groups is 1. The van der Waals surface area contributed by atoms with Gasteiger partial charge in [-0.2, -0.15) is 0 Å². The van der Waals surface area contributed by atoms with Gasteiger partial charge in [-0.3, -0.25) is 4.79 Å². The van der Waals surface area contributed by atoms with Crippen LogP contribution in [0.15, 0.2) is 11.4 Å². The summed E-state index contributed by atoms with van der Waals surface area (Å²) in [5, 5.41) is 1.78. The van der Waals surface area contributed by atoms with E-state index in [9.17, 15) is 4.79 Å². The van der Waals surface area contributed by atoms with Gasteiger partial charge in [-0.15, -0.1) is 11.3 Å². The maximum atomic E-state index is 11.8. The Labute approximate surface area is 97.6 Å². The monoisotopic (exact) mass is 244 g/mol. The van der Waals surface area contributed by atoms with E-state index in [0.29, 0.717) is 15.6 Å². The largest absolute Gasteiger partial charge is 0.496 e. The molecule has 1 amide bonds. The number of likely N-dealkylation sites (N-methyl/N-ethyl adjacent to an activating group) is 1. The highest BCUT2D eigenvalue weighted by atomic mass is 32.1. The maximum Gasteiger partial charge on any atom is 0.264 e. The van der Waals surface area contributed by atoms with Crippen LogP contribution in [0.2, 0.25) is 0 Å². The highest BCUT2D eigenvalue weighted by Gasteiger charge is 2.14. The Morgan fingerprint density at radius 1 is 1.73 bits per heavy atom. The first-order valence-electron chi connectivity index (χ1n) is 4.21. The van der Waals surface area contributed by atoms with E-state index in [4.69, 9.17) is 22.7 Å². The molecule has 0 fully saturated rings. The molecular weight excluding hydrogens is 232 g/mol. The van der Waals surface area contributed by atoms with Gasteiger partial charge < -0.3 is 15.4 Å².